The van der Waals surface area contributed by atoms with Gasteiger partial charge in [0.05, 0.1) is 30.6 Å². The summed E-state index contributed by atoms with van der Waals surface area (Å²) in [4.78, 5) is 43.5. The first kappa shape index (κ1) is 25.9. The van der Waals surface area contributed by atoms with Crippen molar-refractivity contribution in [2.24, 2.45) is 17.8 Å². The van der Waals surface area contributed by atoms with Crippen molar-refractivity contribution < 1.29 is 29.3 Å². The normalized spacial score (nSPS) is 31.1. The van der Waals surface area contributed by atoms with Gasteiger partial charge in [0.15, 0.2) is 0 Å². The summed E-state index contributed by atoms with van der Waals surface area (Å²) in [7, 11) is 0. The maximum Gasteiger partial charge on any atom is 0.310 e. The van der Waals surface area contributed by atoms with Crippen LogP contribution in [0.1, 0.15) is 20.3 Å². The van der Waals surface area contributed by atoms with Gasteiger partial charge in [-0.3, -0.25) is 14.4 Å². The number of rotatable bonds is 8. The molecule has 3 aliphatic heterocycles. The van der Waals surface area contributed by atoms with Gasteiger partial charge in [0.1, 0.15) is 11.6 Å². The largest absolute Gasteiger partial charge is 0.481 e. The first-order valence-corrected chi connectivity index (χ1v) is 13.5. The molecule has 3 saturated heterocycles. The molecule has 3 unspecified atom stereocenters. The van der Waals surface area contributed by atoms with Crippen molar-refractivity contribution in [1.29, 1.82) is 0 Å². The van der Waals surface area contributed by atoms with E-state index in [1.165, 1.54) is 4.90 Å². The molecule has 0 radical (unpaired) electrons. The highest BCUT2D eigenvalue weighted by atomic mass is 79.9. The molecule has 1 spiro atoms. The van der Waals surface area contributed by atoms with Gasteiger partial charge in [-0.2, -0.15) is 0 Å². The molecule has 196 valence electrons. The Hall–Kier alpha value is -2.75. The zero-order chi connectivity index (χ0) is 26.6. The first-order chi connectivity index (χ1) is 17.7. The smallest absolute Gasteiger partial charge is 0.310 e. The molecule has 37 heavy (non-hydrogen) atoms. The number of carboxylic acid groups (broad SMARTS) is 1. The van der Waals surface area contributed by atoms with E-state index in [0.29, 0.717) is 12.1 Å². The van der Waals surface area contributed by atoms with E-state index < -0.39 is 47.5 Å². The van der Waals surface area contributed by atoms with Gasteiger partial charge in [-0.15, -0.1) is 6.58 Å². The Balaban J connectivity index is 1.65. The van der Waals surface area contributed by atoms with Crippen LogP contribution in [0.15, 0.2) is 55.1 Å². The average Bonchev–Trinajstić information content (AvgIpc) is 3.46. The molecule has 0 saturated carbocycles. The number of aliphatic carboxylic acids is 1. The van der Waals surface area contributed by atoms with E-state index in [4.69, 9.17) is 4.74 Å². The van der Waals surface area contributed by atoms with Gasteiger partial charge in [-0.25, -0.2) is 0 Å². The minimum absolute atomic E-state index is 0.173. The highest BCUT2D eigenvalue weighted by Crippen LogP contribution is 2.60. The number of likely N-dealkylation sites (tertiary alicyclic amines) is 1. The molecule has 3 heterocycles. The number of halogens is 1. The van der Waals surface area contributed by atoms with E-state index in [1.807, 2.05) is 56.3 Å². The number of nitrogens with zero attached hydrogens (tertiary/aromatic N) is 2. The van der Waals surface area contributed by atoms with Crippen LogP contribution in [-0.2, 0) is 19.1 Å². The van der Waals surface area contributed by atoms with Gasteiger partial charge in [0, 0.05) is 17.1 Å². The predicted molar refractivity (Wildman–Crippen MR) is 142 cm³/mol. The van der Waals surface area contributed by atoms with Gasteiger partial charge < -0.3 is 24.7 Å². The standard InChI is InChI=1S/C28H31BrN2O6/c1-4-11-30(18-10-9-16-7-5-6-8-17(16)12-18)26(34)24-28-13-19(29)23(37-28)21(27(35)36)22(28)25(33)31(24)20(14-32)15(2)3/h4-10,12,15,19-24,32H,1,11,13-14H2,2-3H3,(H,35,36)/t19?,20-,21-,22-,23-,24?,28?/m0/s1. The number of benzene rings is 2. The predicted octanol–water partition coefficient (Wildman–Crippen LogP) is 3.21. The Morgan fingerprint density at radius 1 is 1.27 bits per heavy atom. The third kappa shape index (κ3) is 3.82. The van der Waals surface area contributed by atoms with Gasteiger partial charge in [0.25, 0.3) is 5.91 Å². The number of aliphatic hydroxyl groups excluding tert-OH is 1. The molecule has 2 aromatic rings. The molecule has 3 fully saturated rings. The summed E-state index contributed by atoms with van der Waals surface area (Å²) >= 11 is 3.57. The second-order valence-corrected chi connectivity index (χ2v) is 11.7. The molecule has 5 rings (SSSR count). The van der Waals surface area contributed by atoms with Crippen molar-refractivity contribution in [2.75, 3.05) is 18.1 Å². The monoisotopic (exact) mass is 570 g/mol. The number of ether oxygens (including phenoxy) is 1. The molecular formula is C28H31BrN2O6. The highest BCUT2D eigenvalue weighted by Gasteiger charge is 2.77. The number of carbonyl (C=O) groups is 3. The van der Waals surface area contributed by atoms with E-state index in [9.17, 15) is 24.6 Å². The number of hydrogen-bond donors (Lipinski definition) is 2. The van der Waals surface area contributed by atoms with Crippen molar-refractivity contribution in [1.82, 2.24) is 4.90 Å². The Labute approximate surface area is 224 Å². The lowest BCUT2D eigenvalue weighted by Gasteiger charge is -2.40. The number of fused-ring (bicyclic) bond motifs is 2. The van der Waals surface area contributed by atoms with Crippen LogP contribution in [0, 0.1) is 17.8 Å². The molecule has 0 aromatic heterocycles. The lowest BCUT2D eigenvalue weighted by molar-refractivity contribution is -0.151. The zero-order valence-corrected chi connectivity index (χ0v) is 22.4. The number of carboxylic acids is 1. The van der Waals surface area contributed by atoms with Crippen molar-refractivity contribution in [3.05, 3.63) is 55.1 Å². The van der Waals surface area contributed by atoms with Crippen LogP contribution in [0.4, 0.5) is 5.69 Å². The Bertz CT molecular complexity index is 1270. The van der Waals surface area contributed by atoms with E-state index in [1.54, 1.807) is 11.0 Å². The Morgan fingerprint density at radius 2 is 1.97 bits per heavy atom. The first-order valence-electron chi connectivity index (χ1n) is 12.5. The molecular weight excluding hydrogens is 540 g/mol. The summed E-state index contributed by atoms with van der Waals surface area (Å²) in [6.45, 7) is 7.41. The average molecular weight is 571 g/mol. The van der Waals surface area contributed by atoms with Crippen LogP contribution >= 0.6 is 15.9 Å². The second kappa shape index (κ2) is 9.53. The number of alkyl halides is 1. The van der Waals surface area contributed by atoms with Gasteiger partial charge in [0.2, 0.25) is 5.91 Å². The van der Waals surface area contributed by atoms with Crippen molar-refractivity contribution >= 4 is 50.2 Å². The fourth-order valence-corrected chi connectivity index (χ4v) is 7.49. The SMILES string of the molecule is C=CCN(C(=O)C1N([C@@H](CO)C(C)C)C(=O)[C@@H]2[C@H](C(=O)O)[C@H]3OC12CC3Br)c1ccc2ccccc2c1. The molecule has 2 N–H and O–H groups in total. The van der Waals surface area contributed by atoms with Crippen LogP contribution in [0.3, 0.4) is 0 Å². The molecule has 0 aliphatic carbocycles. The Kier molecular flexibility index (Phi) is 6.66. The number of carbonyl (C=O) groups excluding carboxylic acids is 2. The summed E-state index contributed by atoms with van der Waals surface area (Å²) in [5, 5.41) is 22.4. The van der Waals surface area contributed by atoms with Crippen molar-refractivity contribution in [3.8, 4) is 0 Å². The summed E-state index contributed by atoms with van der Waals surface area (Å²) in [6, 6.07) is 11.8. The van der Waals surface area contributed by atoms with Crippen LogP contribution < -0.4 is 4.90 Å². The van der Waals surface area contributed by atoms with Gasteiger partial charge in [-0.1, -0.05) is 66.2 Å². The third-order valence-electron chi connectivity index (χ3n) is 8.18. The lowest BCUT2D eigenvalue weighted by atomic mass is 9.70. The van der Waals surface area contributed by atoms with Crippen LogP contribution in [-0.4, -0.2) is 74.7 Å². The number of hydrogen-bond acceptors (Lipinski definition) is 5. The van der Waals surface area contributed by atoms with Crippen LogP contribution in [0.25, 0.3) is 10.8 Å². The molecule has 3 aliphatic rings. The summed E-state index contributed by atoms with van der Waals surface area (Å²) < 4.78 is 6.37. The number of anilines is 1. The fourth-order valence-electron chi connectivity index (χ4n) is 6.55. The minimum atomic E-state index is -1.31. The number of aliphatic hydroxyl groups is 1. The molecule has 2 bridgehead atoms. The molecule has 8 nitrogen and oxygen atoms in total. The maximum atomic E-state index is 14.5. The highest BCUT2D eigenvalue weighted by molar-refractivity contribution is 9.09. The van der Waals surface area contributed by atoms with E-state index in [0.717, 1.165) is 10.8 Å². The topological polar surface area (TPSA) is 107 Å². The van der Waals surface area contributed by atoms with Crippen molar-refractivity contribution in [3.63, 3.8) is 0 Å². The zero-order valence-electron chi connectivity index (χ0n) is 20.8. The Morgan fingerprint density at radius 3 is 2.59 bits per heavy atom. The fraction of sp³-hybridized carbons (Fsp3) is 0.464. The second-order valence-electron chi connectivity index (χ2n) is 10.5. The molecule has 7 atom stereocenters. The maximum absolute atomic E-state index is 14.5. The van der Waals surface area contributed by atoms with Gasteiger partial charge in [-0.05, 0) is 35.2 Å². The third-order valence-corrected chi connectivity index (χ3v) is 9.03. The molecule has 9 heteroatoms. The van der Waals surface area contributed by atoms with E-state index >= 15 is 0 Å². The minimum Gasteiger partial charge on any atom is -0.481 e. The summed E-state index contributed by atoms with van der Waals surface area (Å²) in [5.74, 6) is -4.20. The lowest BCUT2D eigenvalue weighted by Crippen LogP contribution is -2.60. The quantitative estimate of drug-likeness (QED) is 0.373. The van der Waals surface area contributed by atoms with Gasteiger partial charge >= 0.3 is 5.97 Å². The van der Waals surface area contributed by atoms with E-state index in [-0.39, 0.29) is 29.8 Å². The molecule has 2 amide bonds. The van der Waals surface area contributed by atoms with Crippen LogP contribution in [0.5, 0.6) is 0 Å². The summed E-state index contributed by atoms with van der Waals surface area (Å²) in [5.41, 5.74) is -0.673. The number of amides is 2. The van der Waals surface area contributed by atoms with E-state index in [2.05, 4.69) is 22.5 Å². The molecule has 2 aromatic carbocycles. The van der Waals surface area contributed by atoms with Crippen molar-refractivity contribution in [2.45, 2.75) is 48.9 Å². The van der Waals surface area contributed by atoms with Crippen LogP contribution in [0.2, 0.25) is 0 Å². The summed E-state index contributed by atoms with van der Waals surface area (Å²) in [6.07, 6.45) is 1.22.